The van der Waals surface area contributed by atoms with Gasteiger partial charge in [0, 0.05) is 30.5 Å². The predicted octanol–water partition coefficient (Wildman–Crippen LogP) is 2.44. The second kappa shape index (κ2) is 8.94. The van der Waals surface area contributed by atoms with Crippen LogP contribution >= 0.6 is 0 Å². The molecule has 1 aromatic carbocycles. The molecule has 1 amide bonds. The minimum Gasteiger partial charge on any atom is -0.376 e. The monoisotopic (exact) mass is 356 g/mol. The van der Waals surface area contributed by atoms with Gasteiger partial charge in [-0.05, 0) is 62.6 Å². The van der Waals surface area contributed by atoms with Gasteiger partial charge in [-0.2, -0.15) is 5.10 Å². The Kier molecular flexibility index (Phi) is 6.39. The summed E-state index contributed by atoms with van der Waals surface area (Å²) in [4.78, 5) is 16.7. The fourth-order valence-electron chi connectivity index (χ4n) is 3.13. The van der Waals surface area contributed by atoms with Gasteiger partial charge < -0.3 is 15.9 Å². The molecule has 1 aromatic rings. The number of nitrogens with one attached hydrogen (secondary N) is 1. The summed E-state index contributed by atoms with van der Waals surface area (Å²) in [6.45, 7) is 4.17. The van der Waals surface area contributed by atoms with Crippen LogP contribution in [-0.2, 0) is 4.74 Å². The van der Waals surface area contributed by atoms with Crippen LogP contribution in [0.5, 0.6) is 0 Å². The molecule has 140 valence electrons. The quantitative estimate of drug-likeness (QED) is 0.447. The van der Waals surface area contributed by atoms with Gasteiger partial charge in [0.05, 0.1) is 12.6 Å². The summed E-state index contributed by atoms with van der Waals surface area (Å²) in [5.74, 6) is 6.20. The molecular weight excluding hydrogens is 328 g/mol. The van der Waals surface area contributed by atoms with Gasteiger partial charge in [0.25, 0.3) is 5.91 Å². The summed E-state index contributed by atoms with van der Waals surface area (Å²) in [6.07, 6.45) is 7.72. The molecule has 0 bridgehead atoms. The summed E-state index contributed by atoms with van der Waals surface area (Å²) >= 11 is 0. The van der Waals surface area contributed by atoms with Crippen LogP contribution < -0.4 is 11.2 Å². The van der Waals surface area contributed by atoms with E-state index in [1.807, 2.05) is 25.1 Å². The molecule has 1 saturated carbocycles. The molecule has 6 nitrogen and oxygen atoms in total. The largest absolute Gasteiger partial charge is 0.376 e. The van der Waals surface area contributed by atoms with Crippen LogP contribution in [-0.4, -0.2) is 43.6 Å². The van der Waals surface area contributed by atoms with Crippen molar-refractivity contribution in [3.8, 4) is 0 Å². The van der Waals surface area contributed by atoms with Crippen LogP contribution in [0.3, 0.4) is 0 Å². The van der Waals surface area contributed by atoms with E-state index in [0.717, 1.165) is 37.1 Å². The Morgan fingerprint density at radius 1 is 1.35 bits per heavy atom. The van der Waals surface area contributed by atoms with E-state index in [0.29, 0.717) is 23.7 Å². The number of amides is 1. The summed E-state index contributed by atoms with van der Waals surface area (Å²) in [5.41, 5.74) is 3.12. The van der Waals surface area contributed by atoms with Crippen molar-refractivity contribution in [2.45, 2.75) is 45.1 Å². The van der Waals surface area contributed by atoms with E-state index in [1.165, 1.54) is 19.3 Å². The Morgan fingerprint density at radius 2 is 2.19 bits per heavy atom. The van der Waals surface area contributed by atoms with Crippen molar-refractivity contribution in [2.24, 2.45) is 21.9 Å². The number of ether oxygens (including phenoxy) is 1. The lowest BCUT2D eigenvalue weighted by Gasteiger charge is -2.20. The molecule has 3 rings (SSSR count). The molecule has 26 heavy (non-hydrogen) atoms. The lowest BCUT2D eigenvalue weighted by molar-refractivity contribution is 0.0226. The highest BCUT2D eigenvalue weighted by Gasteiger charge is 2.22. The third-order valence-corrected chi connectivity index (χ3v) is 4.95. The number of nitrogens with two attached hydrogens (primary N) is 1. The van der Waals surface area contributed by atoms with Crippen molar-refractivity contribution in [1.82, 2.24) is 5.32 Å². The molecule has 6 heteroatoms. The molecule has 2 aliphatic rings. The van der Waals surface area contributed by atoms with Gasteiger partial charge in [-0.15, -0.1) is 0 Å². The second-order valence-electron chi connectivity index (χ2n) is 7.18. The molecule has 1 unspecified atom stereocenters. The Hall–Kier alpha value is -2.21. The number of rotatable bonds is 7. The summed E-state index contributed by atoms with van der Waals surface area (Å²) in [7, 11) is 0. The Bertz CT molecular complexity index is 689. The first-order valence-electron chi connectivity index (χ1n) is 9.46. The minimum absolute atomic E-state index is 0.0269. The molecule has 1 saturated heterocycles. The van der Waals surface area contributed by atoms with E-state index in [2.05, 4.69) is 15.4 Å². The minimum atomic E-state index is -0.0269. The van der Waals surface area contributed by atoms with Crippen molar-refractivity contribution in [3.63, 3.8) is 0 Å². The number of hydrazone groups is 1. The number of hydrogen-bond acceptors (Lipinski definition) is 5. The van der Waals surface area contributed by atoms with Crippen LogP contribution in [0.4, 0.5) is 0 Å². The van der Waals surface area contributed by atoms with Gasteiger partial charge >= 0.3 is 0 Å². The zero-order chi connectivity index (χ0) is 18.4. The van der Waals surface area contributed by atoms with Gasteiger partial charge in [0.2, 0.25) is 0 Å². The normalized spacial score (nSPS) is 21.1. The Balaban J connectivity index is 1.61. The number of aryl methyl sites for hydroxylation is 1. The number of hydrogen-bond donors (Lipinski definition) is 2. The molecular formula is C20H28N4O2. The Morgan fingerprint density at radius 3 is 2.85 bits per heavy atom. The van der Waals surface area contributed by atoms with Crippen LogP contribution in [0.15, 0.2) is 28.3 Å². The van der Waals surface area contributed by atoms with E-state index in [-0.39, 0.29) is 12.0 Å². The maximum absolute atomic E-state index is 12.2. The van der Waals surface area contributed by atoms with Gasteiger partial charge in [-0.3, -0.25) is 9.79 Å². The first-order valence-corrected chi connectivity index (χ1v) is 9.46. The van der Waals surface area contributed by atoms with Crippen LogP contribution in [0, 0.1) is 12.8 Å². The maximum atomic E-state index is 12.2. The van der Waals surface area contributed by atoms with Crippen LogP contribution in [0.1, 0.15) is 53.6 Å². The van der Waals surface area contributed by atoms with E-state index >= 15 is 0 Å². The average molecular weight is 356 g/mol. The average Bonchev–Trinajstić information content (AvgIpc) is 3.49. The molecule has 0 aromatic heterocycles. The van der Waals surface area contributed by atoms with Crippen molar-refractivity contribution in [3.05, 3.63) is 34.9 Å². The summed E-state index contributed by atoms with van der Waals surface area (Å²) in [5, 5.41) is 6.86. The van der Waals surface area contributed by atoms with E-state index in [9.17, 15) is 4.79 Å². The molecule has 1 aliphatic carbocycles. The lowest BCUT2D eigenvalue weighted by Crippen LogP contribution is -2.25. The van der Waals surface area contributed by atoms with Gasteiger partial charge in [-0.1, -0.05) is 6.07 Å². The molecule has 2 fully saturated rings. The molecule has 1 aliphatic heterocycles. The number of aliphatic imine (C=N–C) groups is 1. The number of carbonyl (C=O) groups is 1. The van der Waals surface area contributed by atoms with Crippen LogP contribution in [0.25, 0.3) is 0 Å². The number of benzene rings is 1. The van der Waals surface area contributed by atoms with Gasteiger partial charge in [0.15, 0.2) is 0 Å². The molecule has 3 N–H and O–H groups in total. The highest BCUT2D eigenvalue weighted by Crippen LogP contribution is 2.27. The number of carbonyl (C=O) groups excluding carboxylic acids is 1. The second-order valence-corrected chi connectivity index (χ2v) is 7.18. The smallest absolute Gasteiger partial charge is 0.251 e. The Labute approximate surface area is 154 Å². The first kappa shape index (κ1) is 18.6. The SMILES string of the molecule is Cc1cc(C(=O)NCC2CC2)ccc1/C(C=NCC1CCCCO1)=N/N. The van der Waals surface area contributed by atoms with E-state index in [4.69, 9.17) is 10.6 Å². The van der Waals surface area contributed by atoms with E-state index < -0.39 is 0 Å². The topological polar surface area (TPSA) is 89.1 Å². The van der Waals surface area contributed by atoms with Crippen molar-refractivity contribution in [1.29, 1.82) is 0 Å². The summed E-state index contributed by atoms with van der Waals surface area (Å²) in [6, 6.07) is 5.57. The summed E-state index contributed by atoms with van der Waals surface area (Å²) < 4.78 is 5.68. The fourth-order valence-corrected chi connectivity index (χ4v) is 3.13. The van der Waals surface area contributed by atoms with E-state index in [1.54, 1.807) is 6.21 Å². The van der Waals surface area contributed by atoms with Gasteiger partial charge in [-0.25, -0.2) is 0 Å². The highest BCUT2D eigenvalue weighted by atomic mass is 16.5. The number of nitrogens with zero attached hydrogens (tertiary/aromatic N) is 2. The van der Waals surface area contributed by atoms with Crippen LogP contribution in [0.2, 0.25) is 0 Å². The first-order chi connectivity index (χ1) is 12.7. The van der Waals surface area contributed by atoms with Crippen molar-refractivity contribution >= 4 is 17.8 Å². The van der Waals surface area contributed by atoms with Crippen molar-refractivity contribution in [2.75, 3.05) is 19.7 Å². The predicted molar refractivity (Wildman–Crippen MR) is 104 cm³/mol. The zero-order valence-electron chi connectivity index (χ0n) is 15.4. The van der Waals surface area contributed by atoms with Crippen molar-refractivity contribution < 1.29 is 9.53 Å². The standard InChI is InChI=1S/C20H28N4O2/c1-14-10-16(20(25)23-11-15-5-6-15)7-8-18(14)19(24-21)13-22-12-17-4-2-3-9-26-17/h7-8,10,13,15,17H,2-6,9,11-12,21H2,1H3,(H,23,25)/b22-13?,24-19+. The molecule has 1 atom stereocenters. The third kappa shape index (κ3) is 5.14. The molecule has 0 radical (unpaired) electrons. The zero-order valence-corrected chi connectivity index (χ0v) is 15.4. The maximum Gasteiger partial charge on any atom is 0.251 e. The highest BCUT2D eigenvalue weighted by molar-refractivity contribution is 6.38. The third-order valence-electron chi connectivity index (χ3n) is 4.95. The van der Waals surface area contributed by atoms with Gasteiger partial charge in [0.1, 0.15) is 5.71 Å². The fraction of sp³-hybridized carbons (Fsp3) is 0.550. The lowest BCUT2D eigenvalue weighted by atomic mass is 10.0. The molecule has 0 spiro atoms. The molecule has 1 heterocycles.